The van der Waals surface area contributed by atoms with Crippen LogP contribution in [-0.2, 0) is 28.5 Å². The van der Waals surface area contributed by atoms with E-state index in [0.717, 1.165) is 12.8 Å². The Hall–Kier alpha value is -3.24. The van der Waals surface area contributed by atoms with Crippen LogP contribution in [-0.4, -0.2) is 75.5 Å². The molecule has 0 aliphatic carbocycles. The molecule has 3 heterocycles. The molecule has 4 rings (SSSR count). The molecule has 0 bridgehead atoms. The normalized spacial score (nSPS) is 20.9. The zero-order valence-electron chi connectivity index (χ0n) is 17.2. The van der Waals surface area contributed by atoms with Crippen molar-refractivity contribution in [1.29, 1.82) is 0 Å². The number of imide groups is 1. The summed E-state index contributed by atoms with van der Waals surface area (Å²) >= 11 is 0. The first-order chi connectivity index (χ1) is 15.0. The number of amides is 2. The summed E-state index contributed by atoms with van der Waals surface area (Å²) in [6.45, 7) is 0.656. The number of methoxy groups -OCH3 is 2. The van der Waals surface area contributed by atoms with Gasteiger partial charge < -0.3 is 23.8 Å². The lowest BCUT2D eigenvalue weighted by atomic mass is 10.1. The maximum Gasteiger partial charge on any atom is 0.355 e. The number of nitrogens with zero attached hydrogens (tertiary/aromatic N) is 2. The van der Waals surface area contributed by atoms with Crippen LogP contribution in [0.25, 0.3) is 0 Å². The molecule has 1 saturated heterocycles. The molecule has 0 N–H and O–H groups in total. The number of carbonyl (C=O) groups excluding carboxylic acids is 4. The third-order valence-electron chi connectivity index (χ3n) is 5.51. The summed E-state index contributed by atoms with van der Waals surface area (Å²) in [6, 6.07) is 4.63. The maximum atomic E-state index is 12.9. The molecule has 2 amide bonds. The van der Waals surface area contributed by atoms with Crippen LogP contribution in [0.4, 0.5) is 5.69 Å². The molecular weight excluding hydrogens is 408 g/mol. The number of hydrogen-bond acceptors (Lipinski definition) is 9. The molecule has 10 heteroatoms. The summed E-state index contributed by atoms with van der Waals surface area (Å²) < 4.78 is 20.6. The number of rotatable bonds is 5. The van der Waals surface area contributed by atoms with Gasteiger partial charge in [0.25, 0.3) is 11.8 Å². The van der Waals surface area contributed by atoms with Gasteiger partial charge in [-0.05, 0) is 31.0 Å². The van der Waals surface area contributed by atoms with Gasteiger partial charge in [0.15, 0.2) is 0 Å². The number of hydrogen-bond donors (Lipinski definition) is 0. The van der Waals surface area contributed by atoms with Gasteiger partial charge in [-0.3, -0.25) is 14.5 Å². The Morgan fingerprint density at radius 2 is 1.84 bits per heavy atom. The topological polar surface area (TPSA) is 112 Å². The van der Waals surface area contributed by atoms with E-state index in [9.17, 15) is 19.2 Å². The maximum absolute atomic E-state index is 12.9. The Morgan fingerprint density at radius 3 is 2.52 bits per heavy atom. The smallest absolute Gasteiger partial charge is 0.355 e. The average molecular weight is 430 g/mol. The number of anilines is 1. The fourth-order valence-electron chi connectivity index (χ4n) is 3.95. The standard InChI is InChI=1S/C21H22N2O8/c1-28-20(26)16-10-30-11-23(17(16)21(27)29-2)12-5-6-14-15(8-12)19(25)22(18(14)24)9-13-4-3-7-31-13/h5-6,8,13H,3-4,7,9-11H2,1-2H3. The van der Waals surface area contributed by atoms with Gasteiger partial charge in [-0.15, -0.1) is 0 Å². The predicted octanol–water partition coefficient (Wildman–Crippen LogP) is 0.856. The molecule has 1 unspecified atom stereocenters. The SMILES string of the molecule is COC(=O)C1=C(C(=O)OC)N(c2ccc3c(c2)C(=O)N(CC2CCCO2)C3=O)COC1. The molecule has 1 atom stereocenters. The number of carbonyl (C=O) groups is 4. The highest BCUT2D eigenvalue weighted by Crippen LogP contribution is 2.32. The fourth-order valence-corrected chi connectivity index (χ4v) is 3.95. The minimum atomic E-state index is -0.744. The summed E-state index contributed by atoms with van der Waals surface area (Å²) in [5, 5.41) is 0. The number of ether oxygens (including phenoxy) is 4. The number of esters is 2. The highest BCUT2D eigenvalue weighted by Gasteiger charge is 2.39. The largest absolute Gasteiger partial charge is 0.466 e. The van der Waals surface area contributed by atoms with Crippen molar-refractivity contribution < 1.29 is 38.1 Å². The molecule has 1 fully saturated rings. The molecule has 0 radical (unpaired) electrons. The lowest BCUT2D eigenvalue weighted by Gasteiger charge is -2.31. The van der Waals surface area contributed by atoms with E-state index in [1.807, 2.05) is 0 Å². The molecule has 1 aromatic rings. The summed E-state index contributed by atoms with van der Waals surface area (Å²) in [5.74, 6) is -2.27. The van der Waals surface area contributed by atoms with Crippen LogP contribution in [0.3, 0.4) is 0 Å². The summed E-state index contributed by atoms with van der Waals surface area (Å²) in [4.78, 5) is 52.9. The summed E-state index contributed by atoms with van der Waals surface area (Å²) in [7, 11) is 2.40. The van der Waals surface area contributed by atoms with E-state index in [4.69, 9.17) is 18.9 Å². The lowest BCUT2D eigenvalue weighted by Crippen LogP contribution is -2.38. The number of benzene rings is 1. The molecule has 3 aliphatic heterocycles. The van der Waals surface area contributed by atoms with Gasteiger partial charge >= 0.3 is 11.9 Å². The van der Waals surface area contributed by atoms with Crippen molar-refractivity contribution in [2.24, 2.45) is 0 Å². The zero-order valence-corrected chi connectivity index (χ0v) is 17.2. The highest BCUT2D eigenvalue weighted by atomic mass is 16.5. The third-order valence-corrected chi connectivity index (χ3v) is 5.51. The Bertz CT molecular complexity index is 980. The van der Waals surface area contributed by atoms with E-state index >= 15 is 0 Å². The lowest BCUT2D eigenvalue weighted by molar-refractivity contribution is -0.140. The minimum absolute atomic E-state index is 0.00325. The Morgan fingerprint density at radius 1 is 1.10 bits per heavy atom. The minimum Gasteiger partial charge on any atom is -0.466 e. The van der Waals surface area contributed by atoms with Gasteiger partial charge in [0, 0.05) is 12.3 Å². The van der Waals surface area contributed by atoms with E-state index in [-0.39, 0.29) is 54.3 Å². The third kappa shape index (κ3) is 3.68. The molecule has 31 heavy (non-hydrogen) atoms. The molecule has 3 aliphatic rings. The van der Waals surface area contributed by atoms with Gasteiger partial charge in [0.05, 0.1) is 50.2 Å². The van der Waals surface area contributed by atoms with Crippen LogP contribution in [0, 0.1) is 0 Å². The molecule has 10 nitrogen and oxygen atoms in total. The predicted molar refractivity (Wildman–Crippen MR) is 105 cm³/mol. The first-order valence-corrected chi connectivity index (χ1v) is 9.83. The van der Waals surface area contributed by atoms with Gasteiger partial charge in [-0.2, -0.15) is 0 Å². The van der Waals surface area contributed by atoms with Crippen LogP contribution in [0.15, 0.2) is 29.5 Å². The van der Waals surface area contributed by atoms with Gasteiger partial charge in [0.1, 0.15) is 12.4 Å². The van der Waals surface area contributed by atoms with Crippen molar-refractivity contribution in [3.63, 3.8) is 0 Å². The first kappa shape index (κ1) is 21.0. The second-order valence-corrected chi connectivity index (χ2v) is 7.30. The van der Waals surface area contributed by atoms with Crippen LogP contribution in [0.2, 0.25) is 0 Å². The summed E-state index contributed by atoms with van der Waals surface area (Å²) in [6.07, 6.45) is 1.54. The first-order valence-electron chi connectivity index (χ1n) is 9.83. The van der Waals surface area contributed by atoms with Crippen LogP contribution in [0.5, 0.6) is 0 Å². The van der Waals surface area contributed by atoms with E-state index in [1.165, 1.54) is 36.2 Å². The van der Waals surface area contributed by atoms with Crippen molar-refractivity contribution in [3.05, 3.63) is 40.6 Å². The van der Waals surface area contributed by atoms with Gasteiger partial charge in [-0.1, -0.05) is 0 Å². The number of fused-ring (bicyclic) bond motifs is 1. The van der Waals surface area contributed by atoms with E-state index in [0.29, 0.717) is 12.3 Å². The molecule has 0 aromatic heterocycles. The van der Waals surface area contributed by atoms with Gasteiger partial charge in [0.2, 0.25) is 0 Å². The highest BCUT2D eigenvalue weighted by molar-refractivity contribution is 6.21. The van der Waals surface area contributed by atoms with Crippen molar-refractivity contribution in [2.75, 3.05) is 45.6 Å². The van der Waals surface area contributed by atoms with Gasteiger partial charge in [-0.25, -0.2) is 9.59 Å². The molecule has 1 aromatic carbocycles. The second-order valence-electron chi connectivity index (χ2n) is 7.30. The fraction of sp³-hybridized carbons (Fsp3) is 0.429. The molecule has 164 valence electrons. The average Bonchev–Trinajstić information content (AvgIpc) is 3.40. The molecule has 0 saturated carbocycles. The van der Waals surface area contributed by atoms with Crippen molar-refractivity contribution in [2.45, 2.75) is 18.9 Å². The van der Waals surface area contributed by atoms with E-state index in [1.54, 1.807) is 6.07 Å². The van der Waals surface area contributed by atoms with Crippen molar-refractivity contribution in [1.82, 2.24) is 4.90 Å². The monoisotopic (exact) mass is 430 g/mol. The Balaban J connectivity index is 1.68. The quantitative estimate of drug-likeness (QED) is 0.496. The zero-order chi connectivity index (χ0) is 22.1. The van der Waals surface area contributed by atoms with Crippen LogP contribution in [0.1, 0.15) is 33.6 Å². The Kier molecular flexibility index (Phi) is 5.75. The molecule has 0 spiro atoms. The molecular formula is C21H22N2O8. The Labute approximate surface area is 178 Å². The van der Waals surface area contributed by atoms with E-state index in [2.05, 4.69) is 0 Å². The van der Waals surface area contributed by atoms with Crippen molar-refractivity contribution in [3.8, 4) is 0 Å². The van der Waals surface area contributed by atoms with E-state index < -0.39 is 17.8 Å². The van der Waals surface area contributed by atoms with Crippen LogP contribution >= 0.6 is 0 Å². The summed E-state index contributed by atoms with van der Waals surface area (Å²) in [5.41, 5.74) is 0.869. The van der Waals surface area contributed by atoms with Crippen molar-refractivity contribution >= 4 is 29.4 Å². The van der Waals surface area contributed by atoms with Crippen LogP contribution < -0.4 is 4.90 Å². The second kappa shape index (κ2) is 8.48.